The zero-order valence-electron chi connectivity index (χ0n) is 13.1. The number of hydrogen-bond donors (Lipinski definition) is 0. The van der Waals surface area contributed by atoms with Gasteiger partial charge in [0, 0.05) is 30.2 Å². The standard InChI is InChI=1S/C18H19ClN2O2/c1-18-5-7-21(15-10-20-6-4-12(15)11-2-3-11)17(23)13(18)8-14(19)16(22)9-18/h4,6,8,10-11,14H,2-3,5,7,9H2,1H3. The number of halogens is 1. The molecule has 2 heterocycles. The van der Waals surface area contributed by atoms with E-state index in [-0.39, 0.29) is 17.1 Å². The van der Waals surface area contributed by atoms with Crippen LogP contribution < -0.4 is 4.90 Å². The molecule has 1 aliphatic heterocycles. The number of nitrogens with zero attached hydrogens (tertiary/aromatic N) is 2. The number of hydrogen-bond acceptors (Lipinski definition) is 3. The number of fused-ring (bicyclic) bond motifs is 1. The van der Waals surface area contributed by atoms with Gasteiger partial charge in [-0.15, -0.1) is 11.6 Å². The Balaban J connectivity index is 1.73. The largest absolute Gasteiger partial charge is 0.307 e. The number of ketones is 1. The first-order valence-electron chi connectivity index (χ1n) is 8.14. The third-order valence-corrected chi connectivity index (χ3v) is 5.71. The van der Waals surface area contributed by atoms with Crippen LogP contribution in [-0.2, 0) is 9.59 Å². The van der Waals surface area contributed by atoms with Crippen molar-refractivity contribution < 1.29 is 9.59 Å². The molecule has 120 valence electrons. The molecule has 2 atom stereocenters. The fraction of sp³-hybridized carbons (Fsp3) is 0.500. The van der Waals surface area contributed by atoms with Gasteiger partial charge in [-0.2, -0.15) is 0 Å². The maximum atomic E-state index is 13.1. The highest BCUT2D eigenvalue weighted by molar-refractivity contribution is 6.33. The van der Waals surface area contributed by atoms with Crippen molar-refractivity contribution in [1.29, 1.82) is 0 Å². The number of anilines is 1. The summed E-state index contributed by atoms with van der Waals surface area (Å²) in [5, 5.41) is -0.682. The second-order valence-corrected chi connectivity index (χ2v) is 7.57. The predicted molar refractivity (Wildman–Crippen MR) is 88.6 cm³/mol. The van der Waals surface area contributed by atoms with E-state index in [1.54, 1.807) is 18.5 Å². The molecule has 2 fully saturated rings. The number of carbonyl (C=O) groups excluding carboxylic acids is 2. The summed E-state index contributed by atoms with van der Waals surface area (Å²) in [5.74, 6) is 0.544. The van der Waals surface area contributed by atoms with Crippen molar-refractivity contribution in [2.24, 2.45) is 5.41 Å². The molecule has 2 aliphatic carbocycles. The molecule has 1 saturated carbocycles. The minimum atomic E-state index is -0.682. The van der Waals surface area contributed by atoms with Crippen LogP contribution in [0.25, 0.3) is 0 Å². The van der Waals surface area contributed by atoms with Gasteiger partial charge in [-0.05, 0) is 36.8 Å². The molecule has 1 aromatic heterocycles. The quantitative estimate of drug-likeness (QED) is 0.782. The van der Waals surface area contributed by atoms with E-state index >= 15 is 0 Å². The lowest BCUT2D eigenvalue weighted by atomic mass is 9.68. The normalized spacial score (nSPS) is 31.0. The Bertz CT molecular complexity index is 725. The molecule has 0 radical (unpaired) electrons. The third-order valence-electron chi connectivity index (χ3n) is 5.34. The van der Waals surface area contributed by atoms with Crippen LogP contribution in [0.2, 0.25) is 0 Å². The average molecular weight is 331 g/mol. The molecule has 1 amide bonds. The maximum Gasteiger partial charge on any atom is 0.254 e. The number of piperidine rings is 1. The van der Waals surface area contributed by atoms with Gasteiger partial charge in [0.15, 0.2) is 5.78 Å². The van der Waals surface area contributed by atoms with Crippen LogP contribution in [-0.4, -0.2) is 28.6 Å². The number of pyridine rings is 1. The van der Waals surface area contributed by atoms with Crippen molar-refractivity contribution in [3.63, 3.8) is 0 Å². The lowest BCUT2D eigenvalue weighted by Gasteiger charge is -2.43. The molecule has 5 heteroatoms. The van der Waals surface area contributed by atoms with Crippen molar-refractivity contribution in [2.75, 3.05) is 11.4 Å². The molecular formula is C18H19ClN2O2. The highest BCUT2D eigenvalue weighted by Crippen LogP contribution is 2.48. The fourth-order valence-electron chi connectivity index (χ4n) is 3.77. The van der Waals surface area contributed by atoms with E-state index in [0.29, 0.717) is 24.5 Å². The second kappa shape index (κ2) is 5.17. The highest BCUT2D eigenvalue weighted by Gasteiger charge is 2.46. The topological polar surface area (TPSA) is 50.3 Å². The van der Waals surface area contributed by atoms with Gasteiger partial charge in [0.1, 0.15) is 5.38 Å². The summed E-state index contributed by atoms with van der Waals surface area (Å²) >= 11 is 6.09. The minimum absolute atomic E-state index is 0.0132. The predicted octanol–water partition coefficient (Wildman–Crippen LogP) is 3.21. The van der Waals surface area contributed by atoms with Crippen LogP contribution in [0.1, 0.15) is 44.1 Å². The van der Waals surface area contributed by atoms with Crippen LogP contribution in [0.5, 0.6) is 0 Å². The van der Waals surface area contributed by atoms with Crippen molar-refractivity contribution in [3.8, 4) is 0 Å². The first-order valence-corrected chi connectivity index (χ1v) is 8.58. The number of rotatable bonds is 2. The smallest absolute Gasteiger partial charge is 0.254 e. The average Bonchev–Trinajstić information content (AvgIpc) is 3.35. The third kappa shape index (κ3) is 2.40. The Morgan fingerprint density at radius 2 is 2.13 bits per heavy atom. The van der Waals surface area contributed by atoms with Crippen molar-refractivity contribution >= 4 is 29.0 Å². The van der Waals surface area contributed by atoms with E-state index in [9.17, 15) is 9.59 Å². The van der Waals surface area contributed by atoms with Gasteiger partial charge in [0.05, 0.1) is 11.9 Å². The summed E-state index contributed by atoms with van der Waals surface area (Å²) in [5.41, 5.74) is 2.45. The number of allylic oxidation sites excluding steroid dienone is 1. The second-order valence-electron chi connectivity index (χ2n) is 7.10. The molecule has 1 aromatic rings. The molecule has 4 rings (SSSR count). The zero-order valence-corrected chi connectivity index (χ0v) is 13.8. The monoisotopic (exact) mass is 330 g/mol. The van der Waals surface area contributed by atoms with Gasteiger partial charge in [-0.1, -0.05) is 13.0 Å². The Morgan fingerprint density at radius 1 is 1.35 bits per heavy atom. The van der Waals surface area contributed by atoms with Gasteiger partial charge in [0.25, 0.3) is 5.91 Å². The van der Waals surface area contributed by atoms with E-state index in [4.69, 9.17) is 11.6 Å². The first-order chi connectivity index (χ1) is 11.0. The molecule has 4 nitrogen and oxygen atoms in total. The Labute approximate surface area is 140 Å². The molecule has 0 bridgehead atoms. The van der Waals surface area contributed by atoms with Crippen LogP contribution in [0.3, 0.4) is 0 Å². The molecule has 1 saturated heterocycles. The van der Waals surface area contributed by atoms with E-state index in [1.807, 2.05) is 17.9 Å². The number of alkyl halides is 1. The molecule has 0 spiro atoms. The number of carbonyl (C=O) groups is 2. The Kier molecular flexibility index (Phi) is 3.34. The van der Waals surface area contributed by atoms with Gasteiger partial charge in [-0.3, -0.25) is 14.6 Å². The van der Waals surface area contributed by atoms with Crippen LogP contribution in [0.15, 0.2) is 30.1 Å². The van der Waals surface area contributed by atoms with Gasteiger partial charge >= 0.3 is 0 Å². The number of aromatic nitrogens is 1. The van der Waals surface area contributed by atoms with E-state index in [0.717, 1.165) is 12.1 Å². The van der Waals surface area contributed by atoms with Gasteiger partial charge < -0.3 is 4.90 Å². The maximum absolute atomic E-state index is 13.1. The fourth-order valence-corrected chi connectivity index (χ4v) is 3.97. The molecule has 3 aliphatic rings. The van der Waals surface area contributed by atoms with Gasteiger partial charge in [0.2, 0.25) is 0 Å². The number of amides is 1. The Morgan fingerprint density at radius 3 is 2.87 bits per heavy atom. The number of Topliss-reactive ketones (excluding diaryl/α,β-unsaturated/α-hetero) is 1. The molecular weight excluding hydrogens is 312 g/mol. The minimum Gasteiger partial charge on any atom is -0.307 e. The summed E-state index contributed by atoms with van der Waals surface area (Å²) in [4.78, 5) is 31.1. The summed E-state index contributed by atoms with van der Waals surface area (Å²) in [7, 11) is 0. The van der Waals surface area contributed by atoms with Crippen LogP contribution in [0.4, 0.5) is 5.69 Å². The van der Waals surface area contributed by atoms with E-state index < -0.39 is 5.38 Å². The molecule has 2 unspecified atom stereocenters. The summed E-state index contributed by atoms with van der Waals surface area (Å²) in [6, 6.07) is 2.03. The zero-order chi connectivity index (χ0) is 16.2. The first kappa shape index (κ1) is 14.9. The summed E-state index contributed by atoms with van der Waals surface area (Å²) in [6.07, 6.45) is 8.74. The molecule has 0 N–H and O–H groups in total. The lowest BCUT2D eigenvalue weighted by molar-refractivity contribution is -0.122. The van der Waals surface area contributed by atoms with Crippen LogP contribution in [0, 0.1) is 5.41 Å². The SMILES string of the molecule is CC12CCN(c3cnccc3C3CC3)C(=O)C1=CC(Cl)C(=O)C2. The van der Waals surface area contributed by atoms with E-state index in [2.05, 4.69) is 4.98 Å². The van der Waals surface area contributed by atoms with Crippen molar-refractivity contribution in [3.05, 3.63) is 35.7 Å². The highest BCUT2D eigenvalue weighted by atomic mass is 35.5. The Hall–Kier alpha value is -1.68. The molecule has 0 aromatic carbocycles. The van der Waals surface area contributed by atoms with Crippen LogP contribution >= 0.6 is 11.6 Å². The van der Waals surface area contributed by atoms with E-state index in [1.165, 1.54) is 18.4 Å². The summed E-state index contributed by atoms with van der Waals surface area (Å²) in [6.45, 7) is 2.62. The molecule has 23 heavy (non-hydrogen) atoms. The van der Waals surface area contributed by atoms with Crippen molar-refractivity contribution in [2.45, 2.75) is 43.9 Å². The van der Waals surface area contributed by atoms with Crippen molar-refractivity contribution in [1.82, 2.24) is 4.98 Å². The lowest BCUT2D eigenvalue weighted by Crippen LogP contribution is -2.49. The summed E-state index contributed by atoms with van der Waals surface area (Å²) < 4.78 is 0. The van der Waals surface area contributed by atoms with Gasteiger partial charge in [-0.25, -0.2) is 0 Å².